The van der Waals surface area contributed by atoms with Crippen LogP contribution in [0.4, 0.5) is 0 Å². The second kappa shape index (κ2) is 4.33. The third-order valence-electron chi connectivity index (χ3n) is 2.13. The van der Waals surface area contributed by atoms with Crippen LogP contribution in [0.25, 0.3) is 0 Å². The molecular formula is C8H13NO3. The third kappa shape index (κ3) is 2.12. The van der Waals surface area contributed by atoms with E-state index in [0.29, 0.717) is 12.8 Å². The molecule has 4 heteroatoms. The van der Waals surface area contributed by atoms with Gasteiger partial charge in [0.2, 0.25) is 11.6 Å². The maximum absolute atomic E-state index is 11.2. The minimum absolute atomic E-state index is 0.161. The molecule has 0 radical (unpaired) electrons. The number of piperidine rings is 1. The van der Waals surface area contributed by atoms with Crippen LogP contribution in [0.2, 0.25) is 0 Å². The predicted molar refractivity (Wildman–Crippen MR) is 42.7 cm³/mol. The number of carbonyl (C=O) groups is 2. The molecule has 0 atom stereocenters. The molecule has 68 valence electrons. The van der Waals surface area contributed by atoms with E-state index in [9.17, 15) is 9.59 Å². The number of ketones is 2. The predicted octanol–water partition coefficient (Wildman–Crippen LogP) is -0.884. The van der Waals surface area contributed by atoms with Crippen molar-refractivity contribution in [3.63, 3.8) is 0 Å². The Labute approximate surface area is 71.0 Å². The monoisotopic (exact) mass is 171 g/mol. The van der Waals surface area contributed by atoms with Crippen LogP contribution in [0.3, 0.4) is 0 Å². The van der Waals surface area contributed by atoms with Gasteiger partial charge in [-0.3, -0.25) is 9.59 Å². The first-order valence-corrected chi connectivity index (χ1v) is 4.14. The van der Waals surface area contributed by atoms with E-state index < -0.39 is 18.2 Å². The molecule has 0 aliphatic carbocycles. The molecule has 0 aromatic heterocycles. The van der Waals surface area contributed by atoms with Gasteiger partial charge < -0.3 is 10.4 Å². The first-order valence-electron chi connectivity index (χ1n) is 4.14. The fraction of sp³-hybridized carbons (Fsp3) is 0.750. The van der Waals surface area contributed by atoms with Crippen molar-refractivity contribution in [2.75, 3.05) is 19.7 Å². The van der Waals surface area contributed by atoms with E-state index in [4.69, 9.17) is 5.11 Å². The minimum atomic E-state index is -0.651. The summed E-state index contributed by atoms with van der Waals surface area (Å²) in [6, 6.07) is 0. The van der Waals surface area contributed by atoms with Gasteiger partial charge >= 0.3 is 0 Å². The van der Waals surface area contributed by atoms with Crippen LogP contribution in [0.5, 0.6) is 0 Å². The summed E-state index contributed by atoms with van der Waals surface area (Å²) in [5.74, 6) is -1.22. The van der Waals surface area contributed by atoms with Gasteiger partial charge in [0.1, 0.15) is 6.61 Å². The number of hydrogen-bond acceptors (Lipinski definition) is 4. The Balaban J connectivity index is 2.45. The molecule has 1 saturated heterocycles. The number of Topliss-reactive ketones (excluding diaryl/α,β-unsaturated/α-hetero) is 2. The zero-order valence-electron chi connectivity index (χ0n) is 6.88. The van der Waals surface area contributed by atoms with Crippen LogP contribution in [-0.2, 0) is 9.59 Å². The number of hydrogen-bond donors (Lipinski definition) is 2. The minimum Gasteiger partial charge on any atom is -0.388 e. The first kappa shape index (κ1) is 9.35. The van der Waals surface area contributed by atoms with Gasteiger partial charge in [-0.05, 0) is 25.9 Å². The second-order valence-electron chi connectivity index (χ2n) is 2.97. The maximum atomic E-state index is 11.2. The highest BCUT2D eigenvalue weighted by atomic mass is 16.3. The van der Waals surface area contributed by atoms with Crippen LogP contribution in [0.1, 0.15) is 12.8 Å². The number of nitrogens with one attached hydrogen (secondary N) is 1. The highest BCUT2D eigenvalue weighted by Crippen LogP contribution is 2.12. The topological polar surface area (TPSA) is 66.4 Å². The van der Waals surface area contributed by atoms with Crippen molar-refractivity contribution >= 4 is 11.6 Å². The quantitative estimate of drug-likeness (QED) is 0.541. The summed E-state index contributed by atoms with van der Waals surface area (Å²) in [4.78, 5) is 22.0. The van der Waals surface area contributed by atoms with Crippen molar-refractivity contribution < 1.29 is 14.7 Å². The van der Waals surface area contributed by atoms with E-state index in [0.717, 1.165) is 13.1 Å². The lowest BCUT2D eigenvalue weighted by molar-refractivity contribution is -0.140. The Morgan fingerprint density at radius 3 is 2.42 bits per heavy atom. The summed E-state index contributed by atoms with van der Waals surface area (Å²) in [5.41, 5.74) is 0. The Morgan fingerprint density at radius 1 is 1.33 bits per heavy atom. The Kier molecular flexibility index (Phi) is 3.37. The fourth-order valence-corrected chi connectivity index (χ4v) is 1.39. The molecule has 1 fully saturated rings. The van der Waals surface area contributed by atoms with Gasteiger partial charge in [-0.2, -0.15) is 0 Å². The summed E-state index contributed by atoms with van der Waals surface area (Å²) in [7, 11) is 0. The highest BCUT2D eigenvalue weighted by molar-refractivity contribution is 6.38. The summed E-state index contributed by atoms with van der Waals surface area (Å²) in [6.45, 7) is 0.924. The number of rotatable bonds is 3. The first-order chi connectivity index (χ1) is 5.75. The van der Waals surface area contributed by atoms with Gasteiger partial charge in [0, 0.05) is 5.92 Å². The second-order valence-corrected chi connectivity index (χ2v) is 2.97. The Morgan fingerprint density at radius 2 is 1.92 bits per heavy atom. The van der Waals surface area contributed by atoms with E-state index in [-0.39, 0.29) is 5.92 Å². The van der Waals surface area contributed by atoms with Crippen molar-refractivity contribution in [3.8, 4) is 0 Å². The van der Waals surface area contributed by atoms with E-state index in [1.54, 1.807) is 0 Å². The highest BCUT2D eigenvalue weighted by Gasteiger charge is 2.25. The molecule has 1 heterocycles. The normalized spacial score (nSPS) is 19.1. The molecule has 1 rings (SSSR count). The fourth-order valence-electron chi connectivity index (χ4n) is 1.39. The molecule has 2 N–H and O–H groups in total. The molecule has 1 aliphatic heterocycles. The molecule has 4 nitrogen and oxygen atoms in total. The van der Waals surface area contributed by atoms with Gasteiger partial charge in [0.05, 0.1) is 0 Å². The summed E-state index contributed by atoms with van der Waals surface area (Å²) in [6.07, 6.45) is 1.43. The summed E-state index contributed by atoms with van der Waals surface area (Å²) >= 11 is 0. The molecule has 0 spiro atoms. The largest absolute Gasteiger partial charge is 0.388 e. The molecule has 0 aromatic carbocycles. The summed E-state index contributed by atoms with van der Waals surface area (Å²) < 4.78 is 0. The lowest BCUT2D eigenvalue weighted by Crippen LogP contribution is -2.35. The number of aliphatic hydroxyl groups is 1. The van der Waals surface area contributed by atoms with Crippen LogP contribution >= 0.6 is 0 Å². The standard InChI is InChI=1S/C8H13NO3/c10-5-7(11)8(12)6-1-3-9-4-2-6/h6,9-10H,1-5H2. The van der Waals surface area contributed by atoms with Crippen molar-refractivity contribution in [1.29, 1.82) is 0 Å². The Bertz CT molecular complexity index is 185. The molecule has 0 bridgehead atoms. The number of carbonyl (C=O) groups excluding carboxylic acids is 2. The zero-order chi connectivity index (χ0) is 8.97. The van der Waals surface area contributed by atoms with Gasteiger partial charge in [-0.25, -0.2) is 0 Å². The van der Waals surface area contributed by atoms with Crippen LogP contribution in [-0.4, -0.2) is 36.4 Å². The van der Waals surface area contributed by atoms with E-state index in [2.05, 4.69) is 5.32 Å². The lowest BCUT2D eigenvalue weighted by Gasteiger charge is -2.20. The molecule has 0 amide bonds. The van der Waals surface area contributed by atoms with Gasteiger partial charge in [0.15, 0.2) is 0 Å². The maximum Gasteiger partial charge on any atom is 0.223 e. The van der Waals surface area contributed by atoms with Crippen LogP contribution in [0, 0.1) is 5.92 Å². The van der Waals surface area contributed by atoms with Crippen molar-refractivity contribution in [2.45, 2.75) is 12.8 Å². The lowest BCUT2D eigenvalue weighted by atomic mass is 9.91. The van der Waals surface area contributed by atoms with Gasteiger partial charge in [0.25, 0.3) is 0 Å². The van der Waals surface area contributed by atoms with Gasteiger partial charge in [-0.1, -0.05) is 0 Å². The number of aliphatic hydroxyl groups excluding tert-OH is 1. The van der Waals surface area contributed by atoms with E-state index in [1.165, 1.54) is 0 Å². The average Bonchev–Trinajstić information content (AvgIpc) is 2.17. The molecule has 1 aliphatic rings. The molecular weight excluding hydrogens is 158 g/mol. The van der Waals surface area contributed by atoms with Crippen LogP contribution in [0.15, 0.2) is 0 Å². The van der Waals surface area contributed by atoms with Crippen LogP contribution < -0.4 is 5.32 Å². The smallest absolute Gasteiger partial charge is 0.223 e. The zero-order valence-corrected chi connectivity index (χ0v) is 6.88. The average molecular weight is 171 g/mol. The van der Waals surface area contributed by atoms with E-state index in [1.807, 2.05) is 0 Å². The van der Waals surface area contributed by atoms with E-state index >= 15 is 0 Å². The Hall–Kier alpha value is -0.740. The molecule has 0 unspecified atom stereocenters. The van der Waals surface area contributed by atoms with Gasteiger partial charge in [-0.15, -0.1) is 0 Å². The SMILES string of the molecule is O=C(CO)C(=O)C1CCNCC1. The summed E-state index contributed by atoms with van der Waals surface area (Å²) in [5, 5.41) is 11.6. The van der Waals surface area contributed by atoms with Crippen molar-refractivity contribution in [3.05, 3.63) is 0 Å². The van der Waals surface area contributed by atoms with Crippen molar-refractivity contribution in [1.82, 2.24) is 5.32 Å². The third-order valence-corrected chi connectivity index (χ3v) is 2.13. The molecule has 0 saturated carbocycles. The molecule has 0 aromatic rings. The molecule has 12 heavy (non-hydrogen) atoms. The van der Waals surface area contributed by atoms with Crippen molar-refractivity contribution in [2.24, 2.45) is 5.92 Å².